The van der Waals surface area contributed by atoms with Crippen LogP contribution in [0.3, 0.4) is 0 Å². The number of hydrogen-bond donors (Lipinski definition) is 1. The Hall–Kier alpha value is -0.670. The first-order valence-corrected chi connectivity index (χ1v) is 4.75. The van der Waals surface area contributed by atoms with Crippen molar-refractivity contribution in [2.75, 3.05) is 0 Å². The Balaban J connectivity index is 2.78. The van der Waals surface area contributed by atoms with E-state index in [0.29, 0.717) is 11.3 Å². The highest BCUT2D eigenvalue weighted by atomic mass is 32.1. The number of carbonyl (C=O) groups is 1. The van der Waals surface area contributed by atoms with Gasteiger partial charge in [-0.1, -0.05) is 6.92 Å². The third kappa shape index (κ3) is 1.93. The van der Waals surface area contributed by atoms with Crippen LogP contribution in [-0.2, 0) is 0 Å². The van der Waals surface area contributed by atoms with Crippen LogP contribution in [0.25, 0.3) is 0 Å². The molecular weight excluding hydrogens is 172 g/mol. The van der Waals surface area contributed by atoms with Crippen molar-refractivity contribution in [2.24, 2.45) is 0 Å². The molecular formula is C9H12O2S. The van der Waals surface area contributed by atoms with Gasteiger partial charge in [0.15, 0.2) is 0 Å². The van der Waals surface area contributed by atoms with Crippen molar-refractivity contribution in [3.8, 4) is 0 Å². The van der Waals surface area contributed by atoms with Gasteiger partial charge < -0.3 is 5.11 Å². The lowest BCUT2D eigenvalue weighted by atomic mass is 10.1. The Bertz CT molecular complexity index is 278. The SMILES string of the molecule is CCC(O)C(=O)c1ccc(C)s1. The minimum Gasteiger partial charge on any atom is -0.385 e. The first-order chi connectivity index (χ1) is 5.65. The van der Waals surface area contributed by atoms with E-state index >= 15 is 0 Å². The van der Waals surface area contributed by atoms with Crippen molar-refractivity contribution in [3.63, 3.8) is 0 Å². The lowest BCUT2D eigenvalue weighted by molar-refractivity contribution is 0.0745. The van der Waals surface area contributed by atoms with Gasteiger partial charge in [0.25, 0.3) is 0 Å². The Morgan fingerprint density at radius 2 is 2.33 bits per heavy atom. The molecule has 0 saturated carbocycles. The monoisotopic (exact) mass is 184 g/mol. The molecule has 0 saturated heterocycles. The zero-order chi connectivity index (χ0) is 9.14. The number of aliphatic hydroxyl groups excluding tert-OH is 1. The molecule has 1 unspecified atom stereocenters. The van der Waals surface area contributed by atoms with Crippen LogP contribution in [0.2, 0.25) is 0 Å². The third-order valence-electron chi connectivity index (χ3n) is 1.67. The molecule has 0 bridgehead atoms. The van der Waals surface area contributed by atoms with Crippen LogP contribution >= 0.6 is 11.3 Å². The van der Waals surface area contributed by atoms with Crippen LogP contribution < -0.4 is 0 Å². The standard InChI is InChI=1S/C9H12O2S/c1-3-7(10)9(11)8-5-4-6(2)12-8/h4-5,7,10H,3H2,1-2H3. The summed E-state index contributed by atoms with van der Waals surface area (Å²) in [7, 11) is 0. The molecule has 1 N–H and O–H groups in total. The van der Waals surface area contributed by atoms with Gasteiger partial charge in [-0.2, -0.15) is 0 Å². The van der Waals surface area contributed by atoms with Gasteiger partial charge in [0.2, 0.25) is 5.78 Å². The van der Waals surface area contributed by atoms with Crippen LogP contribution in [0, 0.1) is 6.92 Å². The summed E-state index contributed by atoms with van der Waals surface area (Å²) in [4.78, 5) is 13.1. The average Bonchev–Trinajstić information content (AvgIpc) is 2.49. The molecule has 1 rings (SSSR count). The number of rotatable bonds is 3. The predicted molar refractivity (Wildman–Crippen MR) is 49.7 cm³/mol. The lowest BCUT2D eigenvalue weighted by Crippen LogP contribution is -2.17. The van der Waals surface area contributed by atoms with E-state index in [1.807, 2.05) is 13.0 Å². The quantitative estimate of drug-likeness (QED) is 0.730. The minimum atomic E-state index is -0.831. The molecule has 1 heterocycles. The van der Waals surface area contributed by atoms with Gasteiger partial charge in [0.1, 0.15) is 6.10 Å². The number of ketones is 1. The average molecular weight is 184 g/mol. The smallest absolute Gasteiger partial charge is 0.201 e. The summed E-state index contributed by atoms with van der Waals surface area (Å²) in [5, 5.41) is 9.25. The Morgan fingerprint density at radius 1 is 1.67 bits per heavy atom. The normalized spacial score (nSPS) is 12.9. The van der Waals surface area contributed by atoms with Gasteiger partial charge in [0, 0.05) is 4.88 Å². The maximum Gasteiger partial charge on any atom is 0.201 e. The molecule has 1 aromatic heterocycles. The molecule has 0 aromatic carbocycles. The number of aryl methyl sites for hydroxylation is 1. The third-order valence-corrected chi connectivity index (χ3v) is 2.69. The van der Waals surface area contributed by atoms with Gasteiger partial charge in [0.05, 0.1) is 4.88 Å². The highest BCUT2D eigenvalue weighted by Crippen LogP contribution is 2.17. The van der Waals surface area contributed by atoms with E-state index in [9.17, 15) is 9.90 Å². The van der Waals surface area contributed by atoms with E-state index < -0.39 is 6.10 Å². The van der Waals surface area contributed by atoms with Gasteiger partial charge >= 0.3 is 0 Å². The molecule has 66 valence electrons. The largest absolute Gasteiger partial charge is 0.385 e. The Kier molecular flexibility index (Phi) is 3.00. The van der Waals surface area contributed by atoms with E-state index in [4.69, 9.17) is 0 Å². The lowest BCUT2D eigenvalue weighted by Gasteiger charge is -2.02. The molecule has 12 heavy (non-hydrogen) atoms. The fourth-order valence-corrected chi connectivity index (χ4v) is 1.77. The second-order valence-electron chi connectivity index (χ2n) is 2.70. The van der Waals surface area contributed by atoms with E-state index in [1.165, 1.54) is 11.3 Å². The van der Waals surface area contributed by atoms with Gasteiger partial charge in [-0.05, 0) is 25.5 Å². The summed E-state index contributed by atoms with van der Waals surface area (Å²) < 4.78 is 0. The van der Waals surface area contributed by atoms with Gasteiger partial charge in [-0.3, -0.25) is 4.79 Å². The molecule has 1 aromatic rings. The van der Waals surface area contributed by atoms with Crippen LogP contribution in [0.5, 0.6) is 0 Å². The van der Waals surface area contributed by atoms with Crippen LogP contribution in [-0.4, -0.2) is 17.0 Å². The molecule has 0 spiro atoms. The van der Waals surface area contributed by atoms with E-state index in [0.717, 1.165) is 4.88 Å². The van der Waals surface area contributed by atoms with E-state index in [-0.39, 0.29) is 5.78 Å². The Morgan fingerprint density at radius 3 is 2.75 bits per heavy atom. The zero-order valence-corrected chi connectivity index (χ0v) is 8.02. The van der Waals surface area contributed by atoms with Crippen molar-refractivity contribution in [2.45, 2.75) is 26.4 Å². The fraction of sp³-hybridized carbons (Fsp3) is 0.444. The summed E-state index contributed by atoms with van der Waals surface area (Å²) in [5.41, 5.74) is 0. The molecule has 2 nitrogen and oxygen atoms in total. The van der Waals surface area contributed by atoms with Crippen molar-refractivity contribution < 1.29 is 9.90 Å². The molecule has 1 atom stereocenters. The van der Waals surface area contributed by atoms with E-state index in [2.05, 4.69) is 0 Å². The van der Waals surface area contributed by atoms with Gasteiger partial charge in [-0.25, -0.2) is 0 Å². The molecule has 0 radical (unpaired) electrons. The predicted octanol–water partition coefficient (Wildman–Crippen LogP) is 2.01. The summed E-state index contributed by atoms with van der Waals surface area (Å²) in [5.74, 6) is -0.157. The number of aliphatic hydroxyl groups is 1. The topological polar surface area (TPSA) is 37.3 Å². The second-order valence-corrected chi connectivity index (χ2v) is 3.99. The molecule has 0 amide bonds. The number of hydrogen-bond acceptors (Lipinski definition) is 3. The van der Waals surface area contributed by atoms with Gasteiger partial charge in [-0.15, -0.1) is 11.3 Å². The Labute approximate surface area is 75.9 Å². The second kappa shape index (κ2) is 3.83. The van der Waals surface area contributed by atoms with E-state index in [1.54, 1.807) is 13.0 Å². The summed E-state index contributed by atoms with van der Waals surface area (Å²) in [6, 6.07) is 3.65. The molecule has 0 aliphatic heterocycles. The zero-order valence-electron chi connectivity index (χ0n) is 7.20. The first-order valence-electron chi connectivity index (χ1n) is 3.94. The minimum absolute atomic E-state index is 0.157. The first kappa shape index (κ1) is 9.42. The molecule has 0 fully saturated rings. The molecule has 0 aliphatic rings. The maximum atomic E-state index is 11.3. The maximum absolute atomic E-state index is 11.3. The van der Waals surface area contributed by atoms with Crippen LogP contribution in [0.1, 0.15) is 27.9 Å². The summed E-state index contributed by atoms with van der Waals surface area (Å²) in [6.45, 7) is 3.74. The summed E-state index contributed by atoms with van der Waals surface area (Å²) >= 11 is 1.43. The number of Topliss-reactive ketones (excluding diaryl/α,β-unsaturated/α-hetero) is 1. The van der Waals surface area contributed by atoms with Crippen molar-refractivity contribution in [1.29, 1.82) is 0 Å². The molecule has 3 heteroatoms. The highest BCUT2D eigenvalue weighted by molar-refractivity contribution is 7.14. The number of carbonyl (C=O) groups excluding carboxylic acids is 1. The van der Waals surface area contributed by atoms with Crippen molar-refractivity contribution in [1.82, 2.24) is 0 Å². The number of thiophene rings is 1. The highest BCUT2D eigenvalue weighted by Gasteiger charge is 2.15. The van der Waals surface area contributed by atoms with Crippen molar-refractivity contribution in [3.05, 3.63) is 21.9 Å². The van der Waals surface area contributed by atoms with Crippen molar-refractivity contribution >= 4 is 17.1 Å². The molecule has 0 aliphatic carbocycles. The van der Waals surface area contributed by atoms with Crippen LogP contribution in [0.15, 0.2) is 12.1 Å². The fourth-order valence-electron chi connectivity index (χ4n) is 0.917. The summed E-state index contributed by atoms with van der Waals surface area (Å²) in [6.07, 6.45) is -0.349. The van der Waals surface area contributed by atoms with Crippen LogP contribution in [0.4, 0.5) is 0 Å².